The summed E-state index contributed by atoms with van der Waals surface area (Å²) in [4.78, 5) is 15.4. The van der Waals surface area contributed by atoms with Gasteiger partial charge >= 0.3 is 5.97 Å². The first kappa shape index (κ1) is 20.6. The summed E-state index contributed by atoms with van der Waals surface area (Å²) < 4.78 is 11.5. The molecule has 0 saturated heterocycles. The highest BCUT2D eigenvalue weighted by Crippen LogP contribution is 2.23. The van der Waals surface area contributed by atoms with Crippen LogP contribution in [-0.4, -0.2) is 22.7 Å². The average Bonchev–Trinajstić information content (AvgIpc) is 3.08. The van der Waals surface area contributed by atoms with Crippen LogP contribution in [0, 0.1) is 12.8 Å². The van der Waals surface area contributed by atoms with E-state index in [9.17, 15) is 4.79 Å². The molecule has 3 rings (SSSR count). The minimum atomic E-state index is -0.767. The Balaban J connectivity index is 1.55. The first-order chi connectivity index (χ1) is 14.0. The van der Waals surface area contributed by atoms with E-state index < -0.39 is 5.97 Å². The third-order valence-corrected chi connectivity index (χ3v) is 4.84. The molecule has 1 N–H and O–H groups in total. The number of ether oxygens (including phenoxy) is 1. The Hall–Kier alpha value is -3.08. The highest BCUT2D eigenvalue weighted by Gasteiger charge is 2.11. The molecule has 1 unspecified atom stereocenters. The van der Waals surface area contributed by atoms with Gasteiger partial charge in [-0.15, -0.1) is 0 Å². The molecule has 0 saturated carbocycles. The first-order valence-electron chi connectivity index (χ1n) is 10.00. The van der Waals surface area contributed by atoms with E-state index in [1.807, 2.05) is 49.4 Å². The van der Waals surface area contributed by atoms with Crippen LogP contribution >= 0.6 is 0 Å². The zero-order chi connectivity index (χ0) is 20.6. The minimum absolute atomic E-state index is 0.117. The van der Waals surface area contributed by atoms with Gasteiger partial charge in [0, 0.05) is 18.4 Å². The van der Waals surface area contributed by atoms with Gasteiger partial charge in [0.1, 0.15) is 12.0 Å². The quantitative estimate of drug-likeness (QED) is 0.611. The number of hydrogen-bond donors (Lipinski definition) is 1. The van der Waals surface area contributed by atoms with Crippen molar-refractivity contribution in [3.05, 3.63) is 77.4 Å². The number of aromatic nitrogens is 1. The predicted octanol–water partition coefficient (Wildman–Crippen LogP) is 5.48. The molecule has 1 aromatic carbocycles. The number of carboxylic acid groups (broad SMARTS) is 1. The van der Waals surface area contributed by atoms with Crippen molar-refractivity contribution in [3.8, 4) is 11.5 Å². The molecule has 0 fully saturated rings. The second-order valence-electron chi connectivity index (χ2n) is 7.21. The van der Waals surface area contributed by atoms with Gasteiger partial charge in [-0.25, -0.2) is 4.98 Å². The van der Waals surface area contributed by atoms with Crippen LogP contribution in [-0.2, 0) is 16.0 Å². The van der Waals surface area contributed by atoms with Crippen molar-refractivity contribution >= 4 is 5.97 Å². The van der Waals surface area contributed by atoms with Crippen LogP contribution < -0.4 is 0 Å². The van der Waals surface area contributed by atoms with Gasteiger partial charge in [0.15, 0.2) is 0 Å². The Kier molecular flexibility index (Phi) is 7.06. The highest BCUT2D eigenvalue weighted by atomic mass is 16.5. The smallest absolute Gasteiger partial charge is 0.303 e. The molecule has 1 aromatic heterocycles. The maximum atomic E-state index is 10.8. The number of nitrogens with zero attached hydrogens (tertiary/aromatic N) is 1. The molecule has 29 heavy (non-hydrogen) atoms. The molecule has 0 aliphatic heterocycles. The second-order valence-corrected chi connectivity index (χ2v) is 7.21. The average molecular weight is 393 g/mol. The molecule has 1 heterocycles. The van der Waals surface area contributed by atoms with Gasteiger partial charge in [0.25, 0.3) is 0 Å². The molecule has 5 nitrogen and oxygen atoms in total. The van der Waals surface area contributed by atoms with Crippen molar-refractivity contribution < 1.29 is 19.1 Å². The Bertz CT molecular complexity index is 919. The molecular formula is C24H27NO4. The summed E-state index contributed by atoms with van der Waals surface area (Å²) in [5.41, 5.74) is 4.17. The highest BCUT2D eigenvalue weighted by molar-refractivity contribution is 5.66. The number of rotatable bonds is 9. The molecular weight excluding hydrogens is 366 g/mol. The van der Waals surface area contributed by atoms with Crippen LogP contribution in [0.4, 0.5) is 0 Å². The van der Waals surface area contributed by atoms with E-state index >= 15 is 0 Å². The SMILES string of the molecule is CCC1=CC(CCC(=O)O)C=CC(OCCc2coc(-c3ccc(C)cc3)n2)=C1. The van der Waals surface area contributed by atoms with Gasteiger partial charge in [0.2, 0.25) is 5.89 Å². The predicted molar refractivity (Wildman–Crippen MR) is 112 cm³/mol. The van der Waals surface area contributed by atoms with Gasteiger partial charge in [-0.1, -0.05) is 36.8 Å². The van der Waals surface area contributed by atoms with Crippen molar-refractivity contribution in [1.29, 1.82) is 0 Å². The Morgan fingerprint density at radius 2 is 2.07 bits per heavy atom. The van der Waals surface area contributed by atoms with Crippen LogP contribution in [0.3, 0.4) is 0 Å². The van der Waals surface area contributed by atoms with Crippen LogP contribution in [0.5, 0.6) is 0 Å². The fourth-order valence-corrected chi connectivity index (χ4v) is 3.13. The monoisotopic (exact) mass is 393 g/mol. The normalized spacial score (nSPS) is 16.1. The summed E-state index contributed by atoms with van der Waals surface area (Å²) in [6.45, 7) is 4.63. The molecule has 1 atom stereocenters. The summed E-state index contributed by atoms with van der Waals surface area (Å²) in [7, 11) is 0. The number of oxazole rings is 1. The number of hydrogen-bond acceptors (Lipinski definition) is 4. The maximum Gasteiger partial charge on any atom is 0.303 e. The molecule has 1 aliphatic carbocycles. The van der Waals surface area contributed by atoms with Gasteiger partial charge in [-0.05, 0) is 55.5 Å². The summed E-state index contributed by atoms with van der Waals surface area (Å²) >= 11 is 0. The van der Waals surface area contributed by atoms with E-state index in [1.165, 1.54) is 5.56 Å². The molecule has 2 aromatic rings. The van der Waals surface area contributed by atoms with E-state index in [1.54, 1.807) is 6.26 Å². The number of allylic oxidation sites excluding steroid dienone is 5. The number of aliphatic carboxylic acids is 1. The third-order valence-electron chi connectivity index (χ3n) is 4.84. The van der Waals surface area contributed by atoms with Gasteiger partial charge in [0.05, 0.1) is 12.3 Å². The molecule has 0 radical (unpaired) electrons. The third kappa shape index (κ3) is 6.21. The lowest BCUT2D eigenvalue weighted by Crippen LogP contribution is -2.00. The summed E-state index contributed by atoms with van der Waals surface area (Å²) in [5.74, 6) is 0.756. The van der Waals surface area contributed by atoms with Crippen molar-refractivity contribution in [1.82, 2.24) is 4.98 Å². The molecule has 152 valence electrons. The minimum Gasteiger partial charge on any atom is -0.493 e. The van der Waals surface area contributed by atoms with Gasteiger partial charge in [-0.3, -0.25) is 4.79 Å². The topological polar surface area (TPSA) is 72.6 Å². The lowest BCUT2D eigenvalue weighted by Gasteiger charge is -2.06. The largest absolute Gasteiger partial charge is 0.493 e. The van der Waals surface area contributed by atoms with Crippen LogP contribution in [0.2, 0.25) is 0 Å². The fourth-order valence-electron chi connectivity index (χ4n) is 3.13. The molecule has 0 bridgehead atoms. The summed E-state index contributed by atoms with van der Waals surface area (Å²) in [5, 5.41) is 8.90. The number of aryl methyl sites for hydroxylation is 1. The number of benzene rings is 1. The van der Waals surface area contributed by atoms with Crippen LogP contribution in [0.1, 0.15) is 37.4 Å². The second kappa shape index (κ2) is 9.92. The van der Waals surface area contributed by atoms with Crippen LogP contribution in [0.25, 0.3) is 11.5 Å². The van der Waals surface area contributed by atoms with Gasteiger partial charge < -0.3 is 14.3 Å². The van der Waals surface area contributed by atoms with E-state index in [0.717, 1.165) is 29.0 Å². The van der Waals surface area contributed by atoms with Crippen molar-refractivity contribution in [2.24, 2.45) is 5.92 Å². The van der Waals surface area contributed by atoms with Gasteiger partial charge in [-0.2, -0.15) is 0 Å². The molecule has 5 heteroatoms. The molecule has 0 spiro atoms. The van der Waals surface area contributed by atoms with Crippen molar-refractivity contribution in [3.63, 3.8) is 0 Å². The first-order valence-corrected chi connectivity index (χ1v) is 10.00. The Labute approximate surface area is 171 Å². The zero-order valence-electron chi connectivity index (χ0n) is 16.9. The lowest BCUT2D eigenvalue weighted by molar-refractivity contribution is -0.137. The standard InChI is InChI=1S/C24H27NO4/c1-3-18-14-19(7-11-23(26)27)6-10-22(15-18)28-13-12-21-16-29-24(25-21)20-8-4-17(2)5-9-20/h4-6,8-10,14-16,19H,3,7,11-13H2,1-2H3,(H,26,27). The summed E-state index contributed by atoms with van der Waals surface area (Å²) in [6.07, 6.45) is 12.1. The number of carboxylic acids is 1. The Morgan fingerprint density at radius 3 is 2.79 bits per heavy atom. The van der Waals surface area contributed by atoms with Crippen molar-refractivity contribution in [2.45, 2.75) is 39.5 Å². The summed E-state index contributed by atoms with van der Waals surface area (Å²) in [6, 6.07) is 8.08. The zero-order valence-corrected chi connectivity index (χ0v) is 16.9. The van der Waals surface area contributed by atoms with Crippen LogP contribution in [0.15, 0.2) is 70.6 Å². The van der Waals surface area contributed by atoms with E-state index in [0.29, 0.717) is 25.3 Å². The Morgan fingerprint density at radius 1 is 1.28 bits per heavy atom. The maximum absolute atomic E-state index is 10.8. The molecule has 1 aliphatic rings. The van der Waals surface area contributed by atoms with E-state index in [-0.39, 0.29) is 12.3 Å². The van der Waals surface area contributed by atoms with E-state index in [4.69, 9.17) is 14.3 Å². The molecule has 0 amide bonds. The van der Waals surface area contributed by atoms with E-state index in [2.05, 4.69) is 18.0 Å². The van der Waals surface area contributed by atoms with Crippen molar-refractivity contribution in [2.75, 3.05) is 6.61 Å². The number of carbonyl (C=O) groups is 1. The fraction of sp³-hybridized carbons (Fsp3) is 0.333. The lowest BCUT2D eigenvalue weighted by atomic mass is 10.00.